The topological polar surface area (TPSA) is 29.9 Å². The van der Waals surface area contributed by atoms with Gasteiger partial charge in [-0.25, -0.2) is 0 Å². The van der Waals surface area contributed by atoms with Crippen molar-refractivity contribution in [1.29, 1.82) is 0 Å². The summed E-state index contributed by atoms with van der Waals surface area (Å²) in [5, 5.41) is 8.00. The average Bonchev–Trinajstić information content (AvgIpc) is 2.63. The molecule has 0 amide bonds. The van der Waals surface area contributed by atoms with Crippen LogP contribution in [0.5, 0.6) is 0 Å². The van der Waals surface area contributed by atoms with Crippen molar-refractivity contribution in [2.45, 2.75) is 64.5 Å². The molecule has 3 heteroatoms. The van der Waals surface area contributed by atoms with E-state index in [4.69, 9.17) is 0 Å². The van der Waals surface area contributed by atoms with Gasteiger partial charge in [0.15, 0.2) is 0 Å². The van der Waals surface area contributed by atoms with Crippen LogP contribution in [-0.2, 0) is 7.05 Å². The van der Waals surface area contributed by atoms with Crippen molar-refractivity contribution in [3.05, 3.63) is 18.0 Å². The van der Waals surface area contributed by atoms with E-state index in [1.807, 2.05) is 17.9 Å². The van der Waals surface area contributed by atoms with Crippen molar-refractivity contribution < 1.29 is 0 Å². The Labute approximate surface area is 111 Å². The lowest BCUT2D eigenvalue weighted by atomic mass is 9.92. The van der Waals surface area contributed by atoms with Gasteiger partial charge in [-0.2, -0.15) is 5.10 Å². The van der Waals surface area contributed by atoms with Gasteiger partial charge in [-0.05, 0) is 32.6 Å². The van der Waals surface area contributed by atoms with Crippen molar-refractivity contribution >= 4 is 0 Å². The molecule has 1 fully saturated rings. The lowest BCUT2D eigenvalue weighted by Crippen LogP contribution is -2.35. The summed E-state index contributed by atoms with van der Waals surface area (Å²) in [5.74, 6) is 0.853. The number of hydrogen-bond acceptors (Lipinski definition) is 2. The zero-order chi connectivity index (χ0) is 13.0. The average molecular weight is 249 g/mol. The van der Waals surface area contributed by atoms with Gasteiger partial charge in [0.1, 0.15) is 0 Å². The second-order valence-electron chi connectivity index (χ2n) is 5.88. The number of hydrogen-bond donors (Lipinski definition) is 1. The molecule has 0 spiro atoms. The molecule has 18 heavy (non-hydrogen) atoms. The van der Waals surface area contributed by atoms with Crippen molar-refractivity contribution in [2.24, 2.45) is 13.0 Å². The summed E-state index contributed by atoms with van der Waals surface area (Å²) >= 11 is 0. The molecule has 0 bridgehead atoms. The highest BCUT2D eigenvalue weighted by Crippen LogP contribution is 2.26. The molecular weight excluding hydrogens is 222 g/mol. The normalized spacial score (nSPS) is 21.5. The van der Waals surface area contributed by atoms with Gasteiger partial charge in [-0.3, -0.25) is 4.68 Å². The third-order valence-electron chi connectivity index (χ3n) is 4.34. The molecule has 1 unspecified atom stereocenters. The third kappa shape index (κ3) is 3.58. The molecule has 1 aromatic rings. The summed E-state index contributed by atoms with van der Waals surface area (Å²) in [6.45, 7) is 4.59. The predicted octanol–water partition coefficient (Wildman–Crippen LogP) is 3.43. The smallest absolute Gasteiger partial charge is 0.0537 e. The van der Waals surface area contributed by atoms with Gasteiger partial charge >= 0.3 is 0 Å². The van der Waals surface area contributed by atoms with Gasteiger partial charge < -0.3 is 5.32 Å². The standard InChI is InChI=1S/C15H27N3/c1-12(14-8-6-4-5-7-9-14)17-13(2)15-10-16-18(3)11-15/h10-14,17H,4-9H2,1-3H3/t12-,13?/m1/s1. The zero-order valence-corrected chi connectivity index (χ0v) is 12.0. The molecule has 2 rings (SSSR count). The Balaban J connectivity index is 1.87. The van der Waals surface area contributed by atoms with Crippen molar-refractivity contribution in [3.8, 4) is 0 Å². The maximum atomic E-state index is 4.25. The van der Waals surface area contributed by atoms with Gasteiger partial charge in [0.05, 0.1) is 6.20 Å². The molecule has 1 N–H and O–H groups in total. The van der Waals surface area contributed by atoms with Crippen LogP contribution >= 0.6 is 0 Å². The van der Waals surface area contributed by atoms with E-state index in [1.165, 1.54) is 44.1 Å². The lowest BCUT2D eigenvalue weighted by molar-refractivity contribution is 0.316. The highest BCUT2D eigenvalue weighted by Gasteiger charge is 2.20. The molecule has 0 radical (unpaired) electrons. The van der Waals surface area contributed by atoms with Crippen LogP contribution in [0.25, 0.3) is 0 Å². The maximum absolute atomic E-state index is 4.25. The van der Waals surface area contributed by atoms with Crippen molar-refractivity contribution in [2.75, 3.05) is 0 Å². The van der Waals surface area contributed by atoms with Crippen molar-refractivity contribution in [3.63, 3.8) is 0 Å². The highest BCUT2D eigenvalue weighted by molar-refractivity contribution is 5.09. The maximum Gasteiger partial charge on any atom is 0.0537 e. The first-order chi connectivity index (χ1) is 8.66. The molecule has 1 aliphatic rings. The lowest BCUT2D eigenvalue weighted by Gasteiger charge is -2.26. The summed E-state index contributed by atoms with van der Waals surface area (Å²) in [4.78, 5) is 0. The minimum Gasteiger partial charge on any atom is -0.307 e. The van der Waals surface area contributed by atoms with Crippen LogP contribution in [0.2, 0.25) is 0 Å². The Morgan fingerprint density at radius 2 is 1.89 bits per heavy atom. The van der Waals surface area contributed by atoms with E-state index in [0.29, 0.717) is 12.1 Å². The monoisotopic (exact) mass is 249 g/mol. The summed E-state index contributed by atoms with van der Waals surface area (Å²) in [7, 11) is 1.98. The fraction of sp³-hybridized carbons (Fsp3) is 0.800. The van der Waals surface area contributed by atoms with Crippen LogP contribution in [0.1, 0.15) is 64.0 Å². The van der Waals surface area contributed by atoms with E-state index in [0.717, 1.165) is 5.92 Å². The quantitative estimate of drug-likeness (QED) is 0.829. The highest BCUT2D eigenvalue weighted by atomic mass is 15.2. The molecule has 3 nitrogen and oxygen atoms in total. The number of rotatable bonds is 4. The summed E-state index contributed by atoms with van der Waals surface area (Å²) in [6.07, 6.45) is 12.6. The van der Waals surface area contributed by atoms with Crippen LogP contribution in [0, 0.1) is 5.92 Å². The van der Waals surface area contributed by atoms with Crippen LogP contribution in [0.4, 0.5) is 0 Å². The molecule has 1 aliphatic carbocycles. The first-order valence-electron chi connectivity index (χ1n) is 7.41. The molecule has 2 atom stereocenters. The van der Waals surface area contributed by atoms with Crippen molar-refractivity contribution in [1.82, 2.24) is 15.1 Å². The minimum absolute atomic E-state index is 0.400. The third-order valence-corrected chi connectivity index (χ3v) is 4.34. The second-order valence-corrected chi connectivity index (χ2v) is 5.88. The van der Waals surface area contributed by atoms with Gasteiger partial charge in [-0.15, -0.1) is 0 Å². The molecule has 0 saturated heterocycles. The Bertz CT molecular complexity index is 350. The number of nitrogens with zero attached hydrogens (tertiary/aromatic N) is 2. The van der Waals surface area contributed by atoms with E-state index < -0.39 is 0 Å². The Morgan fingerprint density at radius 1 is 1.22 bits per heavy atom. The van der Waals surface area contributed by atoms with Gasteiger partial charge in [0.25, 0.3) is 0 Å². The van der Waals surface area contributed by atoms with E-state index in [2.05, 4.69) is 30.5 Å². The first kappa shape index (κ1) is 13.6. The predicted molar refractivity (Wildman–Crippen MR) is 75.4 cm³/mol. The van der Waals surface area contributed by atoms with Crippen LogP contribution in [0.3, 0.4) is 0 Å². The first-order valence-corrected chi connectivity index (χ1v) is 7.41. The van der Waals surface area contributed by atoms with Gasteiger partial charge in [0.2, 0.25) is 0 Å². The van der Waals surface area contributed by atoms with E-state index in [9.17, 15) is 0 Å². The number of nitrogens with one attached hydrogen (secondary N) is 1. The van der Waals surface area contributed by atoms with Crippen LogP contribution in [0.15, 0.2) is 12.4 Å². The van der Waals surface area contributed by atoms with E-state index in [1.54, 1.807) is 0 Å². The molecule has 102 valence electrons. The second kappa shape index (κ2) is 6.37. The van der Waals surface area contributed by atoms with Crippen LogP contribution in [-0.4, -0.2) is 15.8 Å². The molecule has 1 saturated carbocycles. The summed E-state index contributed by atoms with van der Waals surface area (Å²) in [5.41, 5.74) is 1.29. The van der Waals surface area contributed by atoms with Gasteiger partial charge in [0, 0.05) is 30.9 Å². The van der Waals surface area contributed by atoms with E-state index >= 15 is 0 Å². The number of aromatic nitrogens is 2. The Kier molecular flexibility index (Phi) is 4.81. The SMILES string of the molecule is CC(N[C@H](C)C1CCCCCC1)c1cnn(C)c1. The minimum atomic E-state index is 0.400. The molecular formula is C15H27N3. The molecule has 0 aliphatic heterocycles. The Morgan fingerprint density at radius 3 is 2.44 bits per heavy atom. The fourth-order valence-corrected chi connectivity index (χ4v) is 3.10. The van der Waals surface area contributed by atoms with Gasteiger partial charge in [-0.1, -0.05) is 25.7 Å². The Hall–Kier alpha value is -0.830. The van der Waals surface area contributed by atoms with E-state index in [-0.39, 0.29) is 0 Å². The summed E-state index contributed by atoms with van der Waals surface area (Å²) in [6, 6.07) is 1.01. The van der Waals surface area contributed by atoms with Crippen LogP contribution < -0.4 is 5.32 Å². The molecule has 1 heterocycles. The summed E-state index contributed by atoms with van der Waals surface area (Å²) < 4.78 is 1.88. The molecule has 0 aromatic carbocycles. The fourth-order valence-electron chi connectivity index (χ4n) is 3.10. The number of aryl methyl sites for hydroxylation is 1. The molecule has 1 aromatic heterocycles. The zero-order valence-electron chi connectivity index (χ0n) is 12.0. The largest absolute Gasteiger partial charge is 0.307 e.